The first-order valence-corrected chi connectivity index (χ1v) is 7.79. The third-order valence-corrected chi connectivity index (χ3v) is 4.67. The van der Waals surface area contributed by atoms with Gasteiger partial charge in [-0.1, -0.05) is 12.1 Å². The van der Waals surface area contributed by atoms with Gasteiger partial charge >= 0.3 is 0 Å². The van der Waals surface area contributed by atoms with Gasteiger partial charge in [0.25, 0.3) is 0 Å². The highest BCUT2D eigenvalue weighted by atomic mass is 32.1. The van der Waals surface area contributed by atoms with Crippen molar-refractivity contribution in [1.82, 2.24) is 0 Å². The predicted molar refractivity (Wildman–Crippen MR) is 88.5 cm³/mol. The molecule has 1 heterocycles. The molecule has 0 spiro atoms. The molecule has 1 aromatic carbocycles. The lowest BCUT2D eigenvalue weighted by Crippen LogP contribution is -2.12. The van der Waals surface area contributed by atoms with Crippen LogP contribution in [0.2, 0.25) is 0 Å². The lowest BCUT2D eigenvalue weighted by molar-refractivity contribution is -0.116. The van der Waals surface area contributed by atoms with Gasteiger partial charge in [-0.2, -0.15) is 5.26 Å². The van der Waals surface area contributed by atoms with E-state index in [1.165, 1.54) is 11.3 Å². The van der Waals surface area contributed by atoms with E-state index in [2.05, 4.69) is 11.4 Å². The standard InChI is InChI=1S/C17H18N2O2S/c1-11-12(2)22-17(15(11)10-18)19-16(20)9-6-13-4-7-14(21-3)8-5-13/h4-5,7-8H,6,9H2,1-3H3,(H,19,20). The van der Waals surface area contributed by atoms with Crippen LogP contribution >= 0.6 is 11.3 Å². The molecule has 5 heteroatoms. The van der Waals surface area contributed by atoms with Crippen LogP contribution in [0.4, 0.5) is 5.00 Å². The monoisotopic (exact) mass is 314 g/mol. The van der Waals surface area contributed by atoms with Gasteiger partial charge in [0, 0.05) is 11.3 Å². The van der Waals surface area contributed by atoms with Crippen molar-refractivity contribution in [3.05, 3.63) is 45.8 Å². The molecule has 1 amide bonds. The lowest BCUT2D eigenvalue weighted by Gasteiger charge is -2.05. The number of anilines is 1. The van der Waals surface area contributed by atoms with Crippen molar-refractivity contribution in [3.8, 4) is 11.8 Å². The number of hydrogen-bond donors (Lipinski definition) is 1. The third kappa shape index (κ3) is 3.66. The van der Waals surface area contributed by atoms with Crippen molar-refractivity contribution >= 4 is 22.2 Å². The molecule has 114 valence electrons. The molecule has 0 atom stereocenters. The maximum atomic E-state index is 12.1. The number of nitriles is 1. The van der Waals surface area contributed by atoms with Gasteiger partial charge in [0.05, 0.1) is 12.7 Å². The smallest absolute Gasteiger partial charge is 0.225 e. The molecule has 0 unspecified atom stereocenters. The number of carbonyl (C=O) groups is 1. The number of methoxy groups -OCH3 is 1. The van der Waals surface area contributed by atoms with Gasteiger partial charge in [0.1, 0.15) is 16.8 Å². The largest absolute Gasteiger partial charge is 0.497 e. The summed E-state index contributed by atoms with van der Waals surface area (Å²) in [5.74, 6) is 0.727. The molecule has 0 bridgehead atoms. The Morgan fingerprint density at radius 2 is 2.00 bits per heavy atom. The minimum atomic E-state index is -0.0754. The maximum Gasteiger partial charge on any atom is 0.225 e. The van der Waals surface area contributed by atoms with Crippen LogP contribution < -0.4 is 10.1 Å². The zero-order chi connectivity index (χ0) is 16.1. The molecule has 4 nitrogen and oxygen atoms in total. The van der Waals surface area contributed by atoms with E-state index in [1.807, 2.05) is 38.1 Å². The molecule has 2 aromatic rings. The second-order valence-corrected chi connectivity index (χ2v) is 6.22. The number of thiophene rings is 1. The average molecular weight is 314 g/mol. The molecular weight excluding hydrogens is 296 g/mol. The average Bonchev–Trinajstić information content (AvgIpc) is 2.79. The number of carbonyl (C=O) groups excluding carboxylic acids is 1. The van der Waals surface area contributed by atoms with Crippen LogP contribution in [0, 0.1) is 25.2 Å². The van der Waals surface area contributed by atoms with Gasteiger partial charge in [-0.05, 0) is 43.5 Å². The van der Waals surface area contributed by atoms with E-state index in [-0.39, 0.29) is 5.91 Å². The molecule has 1 aromatic heterocycles. The summed E-state index contributed by atoms with van der Waals surface area (Å²) in [5, 5.41) is 12.7. The predicted octanol–water partition coefficient (Wildman–Crippen LogP) is 3.82. The van der Waals surface area contributed by atoms with Crippen molar-refractivity contribution < 1.29 is 9.53 Å². The molecule has 0 aliphatic carbocycles. The molecule has 0 radical (unpaired) electrons. The number of hydrogen-bond acceptors (Lipinski definition) is 4. The first kappa shape index (κ1) is 16.1. The van der Waals surface area contributed by atoms with E-state index < -0.39 is 0 Å². The Balaban J connectivity index is 1.96. The fourth-order valence-electron chi connectivity index (χ4n) is 2.09. The van der Waals surface area contributed by atoms with Gasteiger partial charge < -0.3 is 10.1 Å². The Bertz CT molecular complexity index is 711. The molecule has 0 aliphatic heterocycles. The SMILES string of the molecule is COc1ccc(CCC(=O)Nc2sc(C)c(C)c2C#N)cc1. The maximum absolute atomic E-state index is 12.1. The summed E-state index contributed by atoms with van der Waals surface area (Å²) in [6.07, 6.45) is 1.04. The molecular formula is C17H18N2O2S. The van der Waals surface area contributed by atoms with E-state index in [1.54, 1.807) is 7.11 Å². The minimum absolute atomic E-state index is 0.0754. The Morgan fingerprint density at radius 1 is 1.32 bits per heavy atom. The van der Waals surface area contributed by atoms with Crippen molar-refractivity contribution in [3.63, 3.8) is 0 Å². The number of aryl methyl sites for hydroxylation is 2. The number of rotatable bonds is 5. The summed E-state index contributed by atoms with van der Waals surface area (Å²) in [5.41, 5.74) is 2.59. The number of ether oxygens (including phenoxy) is 1. The summed E-state index contributed by atoms with van der Waals surface area (Å²) in [7, 11) is 1.63. The highest BCUT2D eigenvalue weighted by Gasteiger charge is 2.14. The summed E-state index contributed by atoms with van der Waals surface area (Å²) < 4.78 is 5.10. The summed E-state index contributed by atoms with van der Waals surface area (Å²) in [6.45, 7) is 3.85. The van der Waals surface area contributed by atoms with E-state index in [9.17, 15) is 10.1 Å². The molecule has 2 rings (SSSR count). The number of nitrogens with one attached hydrogen (secondary N) is 1. The fraction of sp³-hybridized carbons (Fsp3) is 0.294. The first-order chi connectivity index (χ1) is 10.5. The van der Waals surface area contributed by atoms with E-state index in [4.69, 9.17) is 4.74 Å². The number of benzene rings is 1. The van der Waals surface area contributed by atoms with Crippen LogP contribution in [0.15, 0.2) is 24.3 Å². The number of amides is 1. The van der Waals surface area contributed by atoms with Gasteiger partial charge in [-0.15, -0.1) is 11.3 Å². The van der Waals surface area contributed by atoms with Gasteiger partial charge in [-0.3, -0.25) is 4.79 Å². The second kappa shape index (κ2) is 7.10. The second-order valence-electron chi connectivity index (χ2n) is 5.00. The molecule has 1 N–H and O–H groups in total. The van der Waals surface area contributed by atoms with E-state index >= 15 is 0 Å². The highest BCUT2D eigenvalue weighted by molar-refractivity contribution is 7.16. The summed E-state index contributed by atoms with van der Waals surface area (Å²) in [4.78, 5) is 13.1. The zero-order valence-corrected chi connectivity index (χ0v) is 13.7. The topological polar surface area (TPSA) is 62.1 Å². The van der Waals surface area contributed by atoms with Crippen LogP contribution in [0.3, 0.4) is 0 Å². The van der Waals surface area contributed by atoms with Crippen molar-refractivity contribution in [1.29, 1.82) is 5.26 Å². The van der Waals surface area contributed by atoms with Crippen LogP contribution in [-0.2, 0) is 11.2 Å². The van der Waals surface area contributed by atoms with Crippen molar-refractivity contribution in [2.45, 2.75) is 26.7 Å². The third-order valence-electron chi connectivity index (χ3n) is 3.55. The van der Waals surface area contributed by atoms with Crippen LogP contribution in [0.25, 0.3) is 0 Å². The van der Waals surface area contributed by atoms with E-state index in [0.717, 1.165) is 21.8 Å². The van der Waals surface area contributed by atoms with Crippen LogP contribution in [0.5, 0.6) is 5.75 Å². The van der Waals surface area contributed by atoms with Gasteiger partial charge in [0.15, 0.2) is 0 Å². The van der Waals surface area contributed by atoms with Crippen molar-refractivity contribution in [2.75, 3.05) is 12.4 Å². The Kier molecular flexibility index (Phi) is 5.18. The molecule has 0 aliphatic rings. The Labute approximate surface area is 134 Å². The lowest BCUT2D eigenvalue weighted by atomic mass is 10.1. The van der Waals surface area contributed by atoms with Gasteiger partial charge in [0.2, 0.25) is 5.91 Å². The van der Waals surface area contributed by atoms with E-state index in [0.29, 0.717) is 23.4 Å². The van der Waals surface area contributed by atoms with Crippen LogP contribution in [-0.4, -0.2) is 13.0 Å². The molecule has 0 fully saturated rings. The Hall–Kier alpha value is -2.32. The quantitative estimate of drug-likeness (QED) is 0.912. The highest BCUT2D eigenvalue weighted by Crippen LogP contribution is 2.31. The normalized spacial score (nSPS) is 10.1. The minimum Gasteiger partial charge on any atom is -0.497 e. The fourth-order valence-corrected chi connectivity index (χ4v) is 3.12. The summed E-state index contributed by atoms with van der Waals surface area (Å²) >= 11 is 1.45. The molecule has 0 saturated carbocycles. The van der Waals surface area contributed by atoms with Gasteiger partial charge in [-0.25, -0.2) is 0 Å². The number of nitrogens with zero attached hydrogens (tertiary/aromatic N) is 1. The molecule has 0 saturated heterocycles. The Morgan fingerprint density at radius 3 is 2.59 bits per heavy atom. The van der Waals surface area contributed by atoms with Crippen LogP contribution in [0.1, 0.15) is 28.0 Å². The molecule has 22 heavy (non-hydrogen) atoms. The zero-order valence-electron chi connectivity index (χ0n) is 12.9. The summed E-state index contributed by atoms with van der Waals surface area (Å²) in [6, 6.07) is 9.82. The van der Waals surface area contributed by atoms with Crippen molar-refractivity contribution in [2.24, 2.45) is 0 Å². The first-order valence-electron chi connectivity index (χ1n) is 6.98.